The summed E-state index contributed by atoms with van der Waals surface area (Å²) in [6.07, 6.45) is 1.70. The van der Waals surface area contributed by atoms with Gasteiger partial charge < -0.3 is 20.3 Å². The maximum atomic E-state index is 9.25. The first kappa shape index (κ1) is 16.5. The number of aromatic nitrogens is 6. The second-order valence-corrected chi connectivity index (χ2v) is 7.44. The first-order valence-electron chi connectivity index (χ1n) is 8.66. The quantitative estimate of drug-likeness (QED) is 0.444. The van der Waals surface area contributed by atoms with Gasteiger partial charge in [0.15, 0.2) is 5.65 Å². The van der Waals surface area contributed by atoms with Gasteiger partial charge in [-0.2, -0.15) is 19.6 Å². The maximum Gasteiger partial charge on any atom is 0.230 e. The van der Waals surface area contributed by atoms with Crippen LogP contribution in [0, 0.1) is 5.92 Å². The van der Waals surface area contributed by atoms with Gasteiger partial charge in [-0.05, 0) is 28.1 Å². The number of benzene rings is 1. The Hall–Kier alpha value is -2.72. The average Bonchev–Trinajstić information content (AvgIpc) is 3.22. The third kappa shape index (κ3) is 2.90. The SMILES string of the molecule is OCC1CN(c2nc(NCc3nc4ccccc4[nH]3)n3ncc(Br)c3n2)C1. The molecule has 4 aromatic rings. The minimum absolute atomic E-state index is 0.187. The third-order valence-corrected chi connectivity index (χ3v) is 5.22. The van der Waals surface area contributed by atoms with E-state index in [1.807, 2.05) is 29.2 Å². The molecular formula is C17H17BrN8O. The van der Waals surface area contributed by atoms with Crippen molar-refractivity contribution in [3.63, 3.8) is 0 Å². The van der Waals surface area contributed by atoms with E-state index in [0.29, 0.717) is 24.1 Å². The Morgan fingerprint density at radius 3 is 2.89 bits per heavy atom. The normalized spacial score (nSPS) is 14.8. The summed E-state index contributed by atoms with van der Waals surface area (Å²) >= 11 is 3.49. The second kappa shape index (κ2) is 6.46. The fourth-order valence-corrected chi connectivity index (χ4v) is 3.54. The van der Waals surface area contributed by atoms with Crippen molar-refractivity contribution < 1.29 is 5.11 Å². The van der Waals surface area contributed by atoms with Crippen LogP contribution in [-0.2, 0) is 6.54 Å². The molecule has 9 nitrogen and oxygen atoms in total. The molecule has 1 aromatic carbocycles. The summed E-state index contributed by atoms with van der Waals surface area (Å²) in [7, 11) is 0. The summed E-state index contributed by atoms with van der Waals surface area (Å²) in [5.74, 6) is 2.32. The van der Waals surface area contributed by atoms with E-state index in [-0.39, 0.29) is 12.5 Å². The highest BCUT2D eigenvalue weighted by Crippen LogP contribution is 2.26. The molecule has 0 amide bonds. The van der Waals surface area contributed by atoms with Gasteiger partial charge in [0.2, 0.25) is 11.9 Å². The number of nitrogens with one attached hydrogen (secondary N) is 2. The molecule has 0 unspecified atom stereocenters. The van der Waals surface area contributed by atoms with Gasteiger partial charge in [-0.25, -0.2) is 4.98 Å². The van der Waals surface area contributed by atoms with Crippen molar-refractivity contribution >= 4 is 44.5 Å². The average molecular weight is 429 g/mol. The summed E-state index contributed by atoms with van der Waals surface area (Å²) in [4.78, 5) is 19.2. The number of aromatic amines is 1. The molecule has 0 aliphatic carbocycles. The van der Waals surface area contributed by atoms with E-state index < -0.39 is 0 Å². The minimum Gasteiger partial charge on any atom is -0.396 e. The number of fused-ring (bicyclic) bond motifs is 2. The summed E-state index contributed by atoms with van der Waals surface area (Å²) in [6, 6.07) is 7.92. The van der Waals surface area contributed by atoms with Crippen LogP contribution in [0.5, 0.6) is 0 Å². The van der Waals surface area contributed by atoms with Gasteiger partial charge >= 0.3 is 0 Å². The van der Waals surface area contributed by atoms with Gasteiger partial charge in [0.05, 0.1) is 28.2 Å². The van der Waals surface area contributed by atoms with E-state index in [0.717, 1.165) is 34.4 Å². The van der Waals surface area contributed by atoms with E-state index in [4.69, 9.17) is 0 Å². The number of rotatable bonds is 5. The Balaban J connectivity index is 1.44. The number of H-pyrrole nitrogens is 1. The number of halogens is 1. The lowest BCUT2D eigenvalue weighted by atomic mass is 10.0. The molecular weight excluding hydrogens is 412 g/mol. The fourth-order valence-electron chi connectivity index (χ4n) is 3.20. The summed E-state index contributed by atoms with van der Waals surface area (Å²) < 4.78 is 2.47. The molecule has 0 spiro atoms. The lowest BCUT2D eigenvalue weighted by Gasteiger charge is -2.38. The number of aliphatic hydroxyl groups is 1. The van der Waals surface area contributed by atoms with Crippen LogP contribution in [0.4, 0.5) is 11.9 Å². The Morgan fingerprint density at radius 1 is 1.22 bits per heavy atom. The number of nitrogens with zero attached hydrogens (tertiary/aromatic N) is 6. The van der Waals surface area contributed by atoms with Crippen molar-refractivity contribution in [2.24, 2.45) is 5.92 Å². The molecule has 27 heavy (non-hydrogen) atoms. The molecule has 0 saturated carbocycles. The Kier molecular flexibility index (Phi) is 3.94. The Morgan fingerprint density at radius 2 is 2.07 bits per heavy atom. The Labute approximate surface area is 162 Å². The lowest BCUT2D eigenvalue weighted by Crippen LogP contribution is -2.49. The van der Waals surface area contributed by atoms with Gasteiger partial charge in [0.1, 0.15) is 5.82 Å². The van der Waals surface area contributed by atoms with Crippen LogP contribution in [0.3, 0.4) is 0 Å². The van der Waals surface area contributed by atoms with E-state index in [9.17, 15) is 5.11 Å². The van der Waals surface area contributed by atoms with Crippen molar-refractivity contribution in [2.75, 3.05) is 29.9 Å². The van der Waals surface area contributed by atoms with E-state index in [1.54, 1.807) is 10.7 Å². The molecule has 1 fully saturated rings. The molecule has 1 aliphatic rings. The highest BCUT2D eigenvalue weighted by Gasteiger charge is 2.29. The van der Waals surface area contributed by atoms with E-state index >= 15 is 0 Å². The first-order valence-corrected chi connectivity index (χ1v) is 9.45. The standard InChI is InChI=1S/C17H17BrN8O/c18-11-5-20-26-15(11)23-17(25-7-10(8-25)9-27)24-16(26)19-6-14-21-12-3-1-2-4-13(12)22-14/h1-5,10,27H,6-9H2,(H,21,22)(H,19,23,24). The van der Waals surface area contributed by atoms with E-state index in [1.165, 1.54) is 0 Å². The maximum absolute atomic E-state index is 9.25. The molecule has 4 heterocycles. The zero-order valence-corrected chi connectivity index (χ0v) is 15.9. The first-order chi connectivity index (χ1) is 13.2. The molecule has 0 bridgehead atoms. The number of imidazole rings is 1. The van der Waals surface area contributed by atoms with Gasteiger partial charge in [0, 0.05) is 25.6 Å². The smallest absolute Gasteiger partial charge is 0.230 e. The van der Waals surface area contributed by atoms with Crippen LogP contribution in [0.25, 0.3) is 16.7 Å². The Bertz CT molecular complexity index is 1080. The number of anilines is 2. The monoisotopic (exact) mass is 428 g/mol. The van der Waals surface area contributed by atoms with Crippen molar-refractivity contribution in [3.05, 3.63) is 40.8 Å². The van der Waals surface area contributed by atoms with Crippen LogP contribution in [0.1, 0.15) is 5.82 Å². The van der Waals surface area contributed by atoms with Gasteiger partial charge in [-0.1, -0.05) is 12.1 Å². The van der Waals surface area contributed by atoms with Crippen LogP contribution in [0.2, 0.25) is 0 Å². The predicted molar refractivity (Wildman–Crippen MR) is 105 cm³/mol. The fraction of sp³-hybridized carbons (Fsp3) is 0.294. The number of aliphatic hydroxyl groups excluding tert-OH is 1. The molecule has 10 heteroatoms. The zero-order chi connectivity index (χ0) is 18.4. The summed E-state index contributed by atoms with van der Waals surface area (Å²) in [5.41, 5.74) is 2.63. The molecule has 1 saturated heterocycles. The van der Waals surface area contributed by atoms with E-state index in [2.05, 4.69) is 46.3 Å². The highest BCUT2D eigenvalue weighted by atomic mass is 79.9. The van der Waals surface area contributed by atoms with Crippen molar-refractivity contribution in [1.82, 2.24) is 29.5 Å². The molecule has 0 atom stereocenters. The second-order valence-electron chi connectivity index (χ2n) is 6.58. The topological polar surface area (TPSA) is 107 Å². The molecule has 3 N–H and O–H groups in total. The van der Waals surface area contributed by atoms with Gasteiger partial charge in [-0.3, -0.25) is 0 Å². The molecule has 1 aliphatic heterocycles. The molecule has 3 aromatic heterocycles. The third-order valence-electron chi connectivity index (χ3n) is 4.66. The van der Waals surface area contributed by atoms with Crippen LogP contribution >= 0.6 is 15.9 Å². The number of para-hydroxylation sites is 2. The highest BCUT2D eigenvalue weighted by molar-refractivity contribution is 9.10. The zero-order valence-electron chi connectivity index (χ0n) is 14.3. The van der Waals surface area contributed by atoms with Crippen molar-refractivity contribution in [2.45, 2.75) is 6.54 Å². The summed E-state index contributed by atoms with van der Waals surface area (Å²) in [6.45, 7) is 2.17. The molecule has 0 radical (unpaired) electrons. The molecule has 138 valence electrons. The van der Waals surface area contributed by atoms with Gasteiger partial charge in [-0.15, -0.1) is 0 Å². The van der Waals surface area contributed by atoms with Crippen LogP contribution < -0.4 is 10.2 Å². The predicted octanol–water partition coefficient (Wildman–Crippen LogP) is 1.80. The van der Waals surface area contributed by atoms with Crippen LogP contribution in [0.15, 0.2) is 34.9 Å². The van der Waals surface area contributed by atoms with Crippen LogP contribution in [-0.4, -0.2) is 54.4 Å². The minimum atomic E-state index is 0.187. The lowest BCUT2D eigenvalue weighted by molar-refractivity contribution is 0.199. The number of hydrogen-bond acceptors (Lipinski definition) is 7. The summed E-state index contributed by atoms with van der Waals surface area (Å²) in [5, 5.41) is 16.9. The van der Waals surface area contributed by atoms with Crippen molar-refractivity contribution in [1.29, 1.82) is 0 Å². The number of hydrogen-bond donors (Lipinski definition) is 3. The van der Waals surface area contributed by atoms with Gasteiger partial charge in [0.25, 0.3) is 0 Å². The largest absolute Gasteiger partial charge is 0.396 e. The van der Waals surface area contributed by atoms with Crippen molar-refractivity contribution in [3.8, 4) is 0 Å². The molecule has 5 rings (SSSR count).